The van der Waals surface area contributed by atoms with E-state index in [-0.39, 0.29) is 11.9 Å². The van der Waals surface area contributed by atoms with Crippen LogP contribution in [0.3, 0.4) is 0 Å². The third-order valence-corrected chi connectivity index (χ3v) is 6.00. The van der Waals surface area contributed by atoms with Gasteiger partial charge in [-0.15, -0.1) is 0 Å². The van der Waals surface area contributed by atoms with E-state index in [0.29, 0.717) is 12.1 Å². The van der Waals surface area contributed by atoms with E-state index in [9.17, 15) is 4.79 Å². The molecule has 1 saturated heterocycles. The molecule has 4 nitrogen and oxygen atoms in total. The van der Waals surface area contributed by atoms with Crippen molar-refractivity contribution in [2.45, 2.75) is 19.9 Å². The molecular formula is C21H25IN2O2. The monoisotopic (exact) mass is 464 g/mol. The van der Waals surface area contributed by atoms with Crippen LogP contribution in [0.25, 0.3) is 0 Å². The van der Waals surface area contributed by atoms with Crippen molar-refractivity contribution in [3.8, 4) is 0 Å². The quantitative estimate of drug-likeness (QED) is 0.687. The van der Waals surface area contributed by atoms with Crippen LogP contribution in [0.15, 0.2) is 42.5 Å². The molecule has 1 N–H and O–H groups in total. The summed E-state index contributed by atoms with van der Waals surface area (Å²) in [5, 5.41) is 3.14. The van der Waals surface area contributed by atoms with Crippen LogP contribution in [0.2, 0.25) is 0 Å². The van der Waals surface area contributed by atoms with Gasteiger partial charge in [0.15, 0.2) is 0 Å². The van der Waals surface area contributed by atoms with Gasteiger partial charge in [0, 0.05) is 28.8 Å². The molecule has 2 aromatic rings. The Morgan fingerprint density at radius 3 is 2.65 bits per heavy atom. The van der Waals surface area contributed by atoms with Crippen LogP contribution in [0.1, 0.15) is 33.1 Å². The van der Waals surface area contributed by atoms with E-state index in [1.54, 1.807) is 0 Å². The number of nitrogens with zero attached hydrogens (tertiary/aromatic N) is 1. The zero-order valence-corrected chi connectivity index (χ0v) is 17.5. The minimum atomic E-state index is -0.0181. The first-order chi connectivity index (χ1) is 12.5. The first-order valence-corrected chi connectivity index (χ1v) is 10.0. The summed E-state index contributed by atoms with van der Waals surface area (Å²) in [7, 11) is 0. The van der Waals surface area contributed by atoms with Gasteiger partial charge in [0.05, 0.1) is 19.3 Å². The van der Waals surface area contributed by atoms with Crippen LogP contribution in [-0.2, 0) is 4.74 Å². The summed E-state index contributed by atoms with van der Waals surface area (Å²) in [5.74, 6) is -0.0181. The molecule has 1 amide bonds. The molecule has 1 aliphatic heterocycles. The lowest BCUT2D eigenvalue weighted by Gasteiger charge is -2.35. The van der Waals surface area contributed by atoms with Crippen LogP contribution in [0, 0.1) is 17.4 Å². The molecule has 2 aromatic carbocycles. The maximum absolute atomic E-state index is 12.6. The number of carbonyl (C=O) groups is 1. The average molecular weight is 464 g/mol. The third kappa shape index (κ3) is 4.84. The molecule has 0 spiro atoms. The van der Waals surface area contributed by atoms with Gasteiger partial charge >= 0.3 is 0 Å². The molecule has 0 bridgehead atoms. The molecule has 138 valence electrons. The van der Waals surface area contributed by atoms with Crippen molar-refractivity contribution in [2.24, 2.45) is 0 Å². The van der Waals surface area contributed by atoms with Crippen LogP contribution in [-0.4, -0.2) is 43.7 Å². The van der Waals surface area contributed by atoms with E-state index in [0.717, 1.165) is 31.9 Å². The number of hydrogen-bond acceptors (Lipinski definition) is 3. The standard InChI is InChI=1S/C21H25IN2O2/c1-15-4-3-5-17(12-15)20(24-8-10-26-11-9-24)14-23-21(25)18-6-7-19(22)16(2)13-18/h3-7,12-13,20H,8-11,14H2,1-2H3,(H,23,25). The molecule has 3 rings (SSSR count). The van der Waals surface area contributed by atoms with E-state index in [4.69, 9.17) is 4.74 Å². The molecule has 26 heavy (non-hydrogen) atoms. The molecule has 0 aromatic heterocycles. The van der Waals surface area contributed by atoms with E-state index < -0.39 is 0 Å². The Balaban J connectivity index is 1.74. The topological polar surface area (TPSA) is 41.6 Å². The van der Waals surface area contributed by atoms with E-state index in [2.05, 4.69) is 64.0 Å². The molecule has 5 heteroatoms. The number of nitrogens with one attached hydrogen (secondary N) is 1. The number of aryl methyl sites for hydroxylation is 2. The number of rotatable bonds is 5. The fraction of sp³-hybridized carbons (Fsp3) is 0.381. The van der Waals surface area contributed by atoms with Gasteiger partial charge < -0.3 is 10.1 Å². The first-order valence-electron chi connectivity index (χ1n) is 8.97. The summed E-state index contributed by atoms with van der Waals surface area (Å²) < 4.78 is 6.67. The SMILES string of the molecule is Cc1cccc(C(CNC(=O)c2ccc(I)c(C)c2)N2CCOCC2)c1. The second kappa shape index (κ2) is 8.97. The highest BCUT2D eigenvalue weighted by atomic mass is 127. The van der Waals surface area contributed by atoms with Crippen LogP contribution in [0.4, 0.5) is 0 Å². The largest absolute Gasteiger partial charge is 0.379 e. The summed E-state index contributed by atoms with van der Waals surface area (Å²) >= 11 is 2.29. The second-order valence-electron chi connectivity index (χ2n) is 6.75. The molecule has 0 aliphatic carbocycles. The fourth-order valence-corrected chi connectivity index (χ4v) is 3.64. The van der Waals surface area contributed by atoms with Crippen LogP contribution >= 0.6 is 22.6 Å². The Morgan fingerprint density at radius 2 is 1.96 bits per heavy atom. The van der Waals surface area contributed by atoms with Crippen LogP contribution in [0.5, 0.6) is 0 Å². The normalized spacial score (nSPS) is 16.3. The number of morpholine rings is 1. The molecule has 1 unspecified atom stereocenters. The molecule has 1 aliphatic rings. The number of amides is 1. The number of ether oxygens (including phenoxy) is 1. The number of benzene rings is 2. The van der Waals surface area contributed by atoms with Gasteiger partial charge in [-0.05, 0) is 65.8 Å². The predicted molar refractivity (Wildman–Crippen MR) is 113 cm³/mol. The van der Waals surface area contributed by atoms with Gasteiger partial charge in [-0.3, -0.25) is 9.69 Å². The summed E-state index contributed by atoms with van der Waals surface area (Å²) in [6.07, 6.45) is 0. The summed E-state index contributed by atoms with van der Waals surface area (Å²) in [4.78, 5) is 15.0. The van der Waals surface area contributed by atoms with Gasteiger partial charge in [0.2, 0.25) is 0 Å². The average Bonchev–Trinajstić information content (AvgIpc) is 2.65. The molecule has 1 fully saturated rings. The molecular weight excluding hydrogens is 439 g/mol. The highest BCUT2D eigenvalue weighted by Crippen LogP contribution is 2.22. The Bertz CT molecular complexity index is 772. The van der Waals surface area contributed by atoms with Crippen molar-refractivity contribution >= 4 is 28.5 Å². The van der Waals surface area contributed by atoms with Crippen molar-refractivity contribution in [1.29, 1.82) is 0 Å². The van der Waals surface area contributed by atoms with E-state index >= 15 is 0 Å². The lowest BCUT2D eigenvalue weighted by Crippen LogP contribution is -2.43. The second-order valence-corrected chi connectivity index (χ2v) is 7.91. The third-order valence-electron chi connectivity index (χ3n) is 4.79. The highest BCUT2D eigenvalue weighted by molar-refractivity contribution is 14.1. The van der Waals surface area contributed by atoms with Crippen molar-refractivity contribution in [3.05, 3.63) is 68.3 Å². The zero-order chi connectivity index (χ0) is 18.5. The van der Waals surface area contributed by atoms with Crippen molar-refractivity contribution in [3.63, 3.8) is 0 Å². The summed E-state index contributed by atoms with van der Waals surface area (Å²) in [6.45, 7) is 7.98. The fourth-order valence-electron chi connectivity index (χ4n) is 3.30. The van der Waals surface area contributed by atoms with Crippen molar-refractivity contribution in [2.75, 3.05) is 32.8 Å². The number of carbonyl (C=O) groups excluding carboxylic acids is 1. The number of halogens is 1. The van der Waals surface area contributed by atoms with Gasteiger partial charge in [-0.1, -0.05) is 29.8 Å². The molecule has 0 radical (unpaired) electrons. The maximum Gasteiger partial charge on any atom is 0.251 e. The van der Waals surface area contributed by atoms with Crippen molar-refractivity contribution < 1.29 is 9.53 Å². The van der Waals surface area contributed by atoms with Gasteiger partial charge in [0.1, 0.15) is 0 Å². The Morgan fingerprint density at radius 1 is 1.19 bits per heavy atom. The van der Waals surface area contributed by atoms with Gasteiger partial charge in [-0.25, -0.2) is 0 Å². The molecule has 0 saturated carbocycles. The summed E-state index contributed by atoms with van der Waals surface area (Å²) in [5.41, 5.74) is 4.32. The molecule has 1 atom stereocenters. The van der Waals surface area contributed by atoms with Crippen molar-refractivity contribution in [1.82, 2.24) is 10.2 Å². The lowest BCUT2D eigenvalue weighted by molar-refractivity contribution is 0.0162. The lowest BCUT2D eigenvalue weighted by atomic mass is 10.0. The van der Waals surface area contributed by atoms with Gasteiger partial charge in [0.25, 0.3) is 5.91 Å². The molecule has 1 heterocycles. The predicted octanol–water partition coefficient (Wildman–Crippen LogP) is 3.71. The Kier molecular flexibility index (Phi) is 6.67. The Labute approximate surface area is 169 Å². The smallest absolute Gasteiger partial charge is 0.251 e. The van der Waals surface area contributed by atoms with Gasteiger partial charge in [-0.2, -0.15) is 0 Å². The van der Waals surface area contributed by atoms with E-state index in [1.807, 2.05) is 25.1 Å². The Hall–Kier alpha value is -1.44. The van der Waals surface area contributed by atoms with Crippen LogP contribution < -0.4 is 5.32 Å². The number of hydrogen-bond donors (Lipinski definition) is 1. The first kappa shape index (κ1) is 19.3. The zero-order valence-electron chi connectivity index (χ0n) is 15.3. The minimum absolute atomic E-state index is 0.0181. The highest BCUT2D eigenvalue weighted by Gasteiger charge is 2.23. The van der Waals surface area contributed by atoms with E-state index in [1.165, 1.54) is 14.7 Å². The maximum atomic E-state index is 12.6. The summed E-state index contributed by atoms with van der Waals surface area (Å²) in [6, 6.07) is 14.5. The minimum Gasteiger partial charge on any atom is -0.379 e.